The normalized spacial score (nSPS) is 12.6. The summed E-state index contributed by atoms with van der Waals surface area (Å²) < 4.78 is 54.7. The Morgan fingerprint density at radius 2 is 1.42 bits per heavy atom. The Bertz CT molecular complexity index is 1480. The van der Waals surface area contributed by atoms with Gasteiger partial charge in [0, 0.05) is 5.69 Å². The summed E-state index contributed by atoms with van der Waals surface area (Å²) in [5.41, 5.74) is 4.48. The second-order valence-electron chi connectivity index (χ2n) is 8.91. The fourth-order valence-corrected chi connectivity index (χ4v) is 6.30. The molecule has 3 rings (SSSR count). The van der Waals surface area contributed by atoms with E-state index in [1.807, 2.05) is 45.0 Å². The number of benzene rings is 3. The van der Waals surface area contributed by atoms with E-state index in [4.69, 9.17) is 0 Å². The van der Waals surface area contributed by atoms with Crippen LogP contribution in [0, 0.1) is 27.7 Å². The summed E-state index contributed by atoms with van der Waals surface area (Å²) in [5.74, 6) is -0.550. The minimum atomic E-state index is -3.85. The highest BCUT2D eigenvalue weighted by Crippen LogP contribution is 2.27. The van der Waals surface area contributed by atoms with Crippen molar-refractivity contribution in [3.8, 4) is 0 Å². The molecule has 0 heterocycles. The summed E-state index contributed by atoms with van der Waals surface area (Å²) in [6, 6.07) is 15.5. The Kier molecular flexibility index (Phi) is 7.80. The maximum absolute atomic E-state index is 13.0. The van der Waals surface area contributed by atoms with Gasteiger partial charge in [-0.25, -0.2) is 16.8 Å². The van der Waals surface area contributed by atoms with Gasteiger partial charge in [0.2, 0.25) is 15.9 Å². The topological polar surface area (TPSA) is 113 Å². The van der Waals surface area contributed by atoms with Crippen LogP contribution < -0.4 is 14.3 Å². The molecule has 0 radical (unpaired) electrons. The molecule has 0 aliphatic heterocycles. The van der Waals surface area contributed by atoms with Gasteiger partial charge in [-0.05, 0) is 87.2 Å². The molecule has 0 unspecified atom stereocenters. The second-order valence-corrected chi connectivity index (χ2v) is 12.5. The molecule has 0 aliphatic rings. The summed E-state index contributed by atoms with van der Waals surface area (Å²) in [7, 11) is -7.62. The smallest absolute Gasteiger partial charge is 0.261 e. The molecule has 3 aromatic rings. The highest BCUT2D eigenvalue weighted by molar-refractivity contribution is 7.92. The molecule has 2 N–H and O–H groups in total. The van der Waals surface area contributed by atoms with Crippen LogP contribution in [0.15, 0.2) is 65.6 Å². The van der Waals surface area contributed by atoms with Crippen LogP contribution >= 0.6 is 0 Å². The Morgan fingerprint density at radius 3 is 1.97 bits per heavy atom. The van der Waals surface area contributed by atoms with E-state index in [2.05, 4.69) is 10.0 Å². The minimum absolute atomic E-state index is 0.0318. The van der Waals surface area contributed by atoms with E-state index >= 15 is 0 Å². The van der Waals surface area contributed by atoms with E-state index in [9.17, 15) is 21.6 Å². The van der Waals surface area contributed by atoms with Crippen LogP contribution in [0.2, 0.25) is 0 Å². The molecular formula is C26H31N3O5S2. The third-order valence-electron chi connectivity index (χ3n) is 5.84. The zero-order valence-electron chi connectivity index (χ0n) is 21.2. The number of sulfonamides is 2. The number of nitrogens with one attached hydrogen (secondary N) is 2. The van der Waals surface area contributed by atoms with E-state index in [0.29, 0.717) is 17.1 Å². The third-order valence-corrected chi connectivity index (χ3v) is 8.43. The number of anilines is 3. The Balaban J connectivity index is 1.81. The number of carbonyl (C=O) groups excluding carboxylic acids is 1. The summed E-state index contributed by atoms with van der Waals surface area (Å²) in [6.07, 6.45) is 1.06. The van der Waals surface area contributed by atoms with Crippen molar-refractivity contribution in [3.63, 3.8) is 0 Å². The van der Waals surface area contributed by atoms with Gasteiger partial charge in [-0.2, -0.15) is 0 Å². The number of aryl methyl sites for hydroxylation is 4. The monoisotopic (exact) mass is 529 g/mol. The molecule has 0 saturated heterocycles. The van der Waals surface area contributed by atoms with Gasteiger partial charge in [0.05, 0.1) is 22.5 Å². The molecule has 0 fully saturated rings. The van der Waals surface area contributed by atoms with Crippen molar-refractivity contribution in [1.82, 2.24) is 0 Å². The average Bonchev–Trinajstić information content (AvgIpc) is 2.78. The molecule has 8 nitrogen and oxygen atoms in total. The van der Waals surface area contributed by atoms with E-state index in [0.717, 1.165) is 32.8 Å². The first-order chi connectivity index (χ1) is 16.7. The average molecular weight is 530 g/mol. The first-order valence-corrected chi connectivity index (χ1v) is 14.6. The molecule has 36 heavy (non-hydrogen) atoms. The SMILES string of the molecule is Cc1ccc(C)c(N([C@H](C)C(=O)Nc2ccc(S(=O)(=O)Nc3c(C)cccc3C)cc2)S(C)(=O)=O)c1. The van der Waals surface area contributed by atoms with Crippen molar-refractivity contribution >= 4 is 43.0 Å². The van der Waals surface area contributed by atoms with Crippen LogP contribution in [0.3, 0.4) is 0 Å². The molecule has 3 aromatic carbocycles. The van der Waals surface area contributed by atoms with E-state index in [-0.39, 0.29) is 4.90 Å². The highest BCUT2D eigenvalue weighted by atomic mass is 32.2. The lowest BCUT2D eigenvalue weighted by atomic mass is 10.1. The standard InChI is InChI=1S/C26H31N3O5S2/c1-17-10-11-18(2)24(16-17)29(35(6,31)32)21(5)26(30)27-22-12-14-23(15-13-22)36(33,34)28-25-19(3)8-7-9-20(25)4/h7-16,21,28H,1-6H3,(H,27,30)/t21-/m1/s1. The summed E-state index contributed by atoms with van der Waals surface area (Å²) in [4.78, 5) is 13.1. The van der Waals surface area contributed by atoms with Gasteiger partial charge >= 0.3 is 0 Å². The molecule has 1 atom stereocenters. The lowest BCUT2D eigenvalue weighted by Crippen LogP contribution is -2.45. The predicted octanol–water partition coefficient (Wildman–Crippen LogP) is 4.51. The lowest BCUT2D eigenvalue weighted by Gasteiger charge is -2.29. The Morgan fingerprint density at radius 1 is 0.833 bits per heavy atom. The van der Waals surface area contributed by atoms with Crippen LogP contribution in [0.5, 0.6) is 0 Å². The molecule has 0 spiro atoms. The molecule has 10 heteroatoms. The van der Waals surface area contributed by atoms with Crippen molar-refractivity contribution in [2.45, 2.75) is 45.6 Å². The van der Waals surface area contributed by atoms with Crippen molar-refractivity contribution in [3.05, 3.63) is 82.9 Å². The maximum atomic E-state index is 13.0. The molecular weight excluding hydrogens is 498 g/mol. The maximum Gasteiger partial charge on any atom is 0.261 e. The predicted molar refractivity (Wildman–Crippen MR) is 144 cm³/mol. The van der Waals surface area contributed by atoms with Gasteiger partial charge < -0.3 is 5.32 Å². The molecule has 0 aliphatic carbocycles. The summed E-state index contributed by atoms with van der Waals surface area (Å²) in [5, 5.41) is 2.68. The number of para-hydroxylation sites is 1. The fourth-order valence-electron chi connectivity index (χ4n) is 3.87. The van der Waals surface area contributed by atoms with Crippen molar-refractivity contribution in [2.24, 2.45) is 0 Å². The molecule has 192 valence electrons. The Labute approximate surface area is 213 Å². The molecule has 0 saturated carbocycles. The van der Waals surface area contributed by atoms with Crippen LogP contribution in [0.25, 0.3) is 0 Å². The van der Waals surface area contributed by atoms with E-state index < -0.39 is 32.0 Å². The van der Waals surface area contributed by atoms with Crippen molar-refractivity contribution < 1.29 is 21.6 Å². The van der Waals surface area contributed by atoms with Crippen LogP contribution in [0.4, 0.5) is 17.1 Å². The number of carbonyl (C=O) groups is 1. The van der Waals surface area contributed by atoms with E-state index in [1.165, 1.54) is 31.2 Å². The third kappa shape index (κ3) is 6.06. The van der Waals surface area contributed by atoms with Gasteiger partial charge in [0.1, 0.15) is 6.04 Å². The lowest BCUT2D eigenvalue weighted by molar-refractivity contribution is -0.116. The number of hydrogen-bond donors (Lipinski definition) is 2. The zero-order chi connectivity index (χ0) is 26.8. The highest BCUT2D eigenvalue weighted by Gasteiger charge is 2.30. The summed E-state index contributed by atoms with van der Waals surface area (Å²) >= 11 is 0. The number of amides is 1. The van der Waals surface area contributed by atoms with Crippen LogP contribution in [-0.4, -0.2) is 35.0 Å². The van der Waals surface area contributed by atoms with Gasteiger partial charge in [-0.3, -0.25) is 13.8 Å². The number of hydrogen-bond acceptors (Lipinski definition) is 5. The van der Waals surface area contributed by atoms with Gasteiger partial charge in [-0.15, -0.1) is 0 Å². The molecule has 1 amide bonds. The minimum Gasteiger partial charge on any atom is -0.324 e. The first-order valence-electron chi connectivity index (χ1n) is 11.3. The van der Waals surface area contributed by atoms with Crippen molar-refractivity contribution in [2.75, 3.05) is 20.6 Å². The first kappa shape index (κ1) is 27.2. The van der Waals surface area contributed by atoms with Crippen molar-refractivity contribution in [1.29, 1.82) is 0 Å². The second kappa shape index (κ2) is 10.3. The summed E-state index contributed by atoms with van der Waals surface area (Å²) in [6.45, 7) is 8.78. The quantitative estimate of drug-likeness (QED) is 0.446. The largest absolute Gasteiger partial charge is 0.324 e. The van der Waals surface area contributed by atoms with Gasteiger partial charge in [0.25, 0.3) is 10.0 Å². The van der Waals surface area contributed by atoms with Gasteiger partial charge in [0.15, 0.2) is 0 Å². The zero-order valence-corrected chi connectivity index (χ0v) is 22.8. The molecule has 0 aromatic heterocycles. The van der Waals surface area contributed by atoms with Gasteiger partial charge in [-0.1, -0.05) is 30.3 Å². The Hall–Kier alpha value is -3.37. The van der Waals surface area contributed by atoms with Crippen LogP contribution in [-0.2, 0) is 24.8 Å². The van der Waals surface area contributed by atoms with Crippen LogP contribution in [0.1, 0.15) is 29.2 Å². The van der Waals surface area contributed by atoms with E-state index in [1.54, 1.807) is 19.1 Å². The molecule has 0 bridgehead atoms. The number of nitrogens with zero attached hydrogens (tertiary/aromatic N) is 1. The fraction of sp³-hybridized carbons (Fsp3) is 0.269. The number of rotatable bonds is 8.